The molecule has 112 valence electrons. The molecule has 21 heavy (non-hydrogen) atoms. The Hall–Kier alpha value is -1.72. The molecule has 0 fully saturated rings. The van der Waals surface area contributed by atoms with Gasteiger partial charge < -0.3 is 11.1 Å². The molecule has 1 amide bonds. The van der Waals surface area contributed by atoms with Crippen LogP contribution in [-0.2, 0) is 4.79 Å². The van der Waals surface area contributed by atoms with Crippen molar-refractivity contribution in [3.63, 3.8) is 0 Å². The van der Waals surface area contributed by atoms with Crippen molar-refractivity contribution in [3.05, 3.63) is 52.0 Å². The highest BCUT2D eigenvalue weighted by Gasteiger charge is 2.24. The number of aromatic nitrogens is 1. The molecule has 0 saturated heterocycles. The third-order valence-electron chi connectivity index (χ3n) is 3.50. The first-order valence-electron chi connectivity index (χ1n) is 7.02. The fourth-order valence-corrected chi connectivity index (χ4v) is 2.91. The standard InChI is InChI=1S/C16H21N3OS/c1-10-9-21-16(18-10)12(3)19-15(20)11(2)14(17)13-7-5-4-6-8-13/h4-9,11-12,14H,17H2,1-3H3,(H,19,20). The average Bonchev–Trinajstić information content (AvgIpc) is 2.93. The second-order valence-electron chi connectivity index (χ2n) is 5.28. The first-order valence-corrected chi connectivity index (χ1v) is 7.90. The highest BCUT2D eigenvalue weighted by molar-refractivity contribution is 7.09. The summed E-state index contributed by atoms with van der Waals surface area (Å²) in [4.78, 5) is 16.7. The van der Waals surface area contributed by atoms with Crippen LogP contribution in [-0.4, -0.2) is 10.9 Å². The van der Waals surface area contributed by atoms with Gasteiger partial charge in [0, 0.05) is 17.1 Å². The van der Waals surface area contributed by atoms with E-state index in [1.54, 1.807) is 11.3 Å². The predicted octanol–water partition coefficient (Wildman–Crippen LogP) is 2.96. The van der Waals surface area contributed by atoms with E-state index in [-0.39, 0.29) is 23.9 Å². The summed E-state index contributed by atoms with van der Waals surface area (Å²) in [7, 11) is 0. The molecule has 0 aliphatic carbocycles. The second-order valence-corrected chi connectivity index (χ2v) is 6.17. The Kier molecular flexibility index (Phi) is 5.09. The third-order valence-corrected chi connectivity index (χ3v) is 4.65. The number of carbonyl (C=O) groups is 1. The zero-order valence-electron chi connectivity index (χ0n) is 12.5. The SMILES string of the molecule is Cc1csc(C(C)NC(=O)C(C)C(N)c2ccccc2)n1. The van der Waals surface area contributed by atoms with Gasteiger partial charge in [-0.1, -0.05) is 37.3 Å². The lowest BCUT2D eigenvalue weighted by molar-refractivity contribution is -0.125. The molecule has 2 rings (SSSR count). The number of nitrogens with one attached hydrogen (secondary N) is 1. The molecule has 1 aromatic carbocycles. The molecule has 5 heteroatoms. The van der Waals surface area contributed by atoms with Crippen molar-refractivity contribution >= 4 is 17.2 Å². The summed E-state index contributed by atoms with van der Waals surface area (Å²) in [6, 6.07) is 9.29. The fraction of sp³-hybridized carbons (Fsp3) is 0.375. The van der Waals surface area contributed by atoms with E-state index in [4.69, 9.17) is 5.73 Å². The molecule has 3 atom stereocenters. The highest BCUT2D eigenvalue weighted by Crippen LogP contribution is 2.22. The number of nitrogens with zero attached hydrogens (tertiary/aromatic N) is 1. The van der Waals surface area contributed by atoms with Gasteiger partial charge in [-0.3, -0.25) is 4.79 Å². The van der Waals surface area contributed by atoms with Crippen LogP contribution >= 0.6 is 11.3 Å². The molecule has 3 unspecified atom stereocenters. The lowest BCUT2D eigenvalue weighted by Crippen LogP contribution is -2.36. The van der Waals surface area contributed by atoms with Crippen LogP contribution < -0.4 is 11.1 Å². The molecule has 0 aliphatic rings. The topological polar surface area (TPSA) is 68.0 Å². The smallest absolute Gasteiger partial charge is 0.225 e. The quantitative estimate of drug-likeness (QED) is 0.892. The molecule has 1 aromatic heterocycles. The number of thiazole rings is 1. The van der Waals surface area contributed by atoms with Crippen molar-refractivity contribution in [2.75, 3.05) is 0 Å². The van der Waals surface area contributed by atoms with E-state index in [1.165, 1.54) is 0 Å². The maximum absolute atomic E-state index is 12.3. The van der Waals surface area contributed by atoms with Crippen LogP contribution in [0, 0.1) is 12.8 Å². The minimum Gasteiger partial charge on any atom is -0.347 e. The minimum atomic E-state index is -0.309. The largest absolute Gasteiger partial charge is 0.347 e. The van der Waals surface area contributed by atoms with E-state index in [1.807, 2.05) is 56.5 Å². The van der Waals surface area contributed by atoms with E-state index < -0.39 is 0 Å². The summed E-state index contributed by atoms with van der Waals surface area (Å²) in [5, 5.41) is 5.89. The minimum absolute atomic E-state index is 0.0493. The number of hydrogen-bond acceptors (Lipinski definition) is 4. The Balaban J connectivity index is 1.99. The normalized spacial score (nSPS) is 15.2. The van der Waals surface area contributed by atoms with Gasteiger partial charge in [-0.15, -0.1) is 11.3 Å². The monoisotopic (exact) mass is 303 g/mol. The Labute approximate surface area is 129 Å². The highest BCUT2D eigenvalue weighted by atomic mass is 32.1. The fourth-order valence-electron chi connectivity index (χ4n) is 2.10. The first-order chi connectivity index (χ1) is 9.99. The molecule has 0 bridgehead atoms. The molecule has 2 aromatic rings. The van der Waals surface area contributed by atoms with Crippen molar-refractivity contribution in [1.29, 1.82) is 0 Å². The van der Waals surface area contributed by atoms with E-state index in [9.17, 15) is 4.79 Å². The number of carbonyl (C=O) groups excluding carboxylic acids is 1. The van der Waals surface area contributed by atoms with Gasteiger partial charge in [0.1, 0.15) is 5.01 Å². The van der Waals surface area contributed by atoms with Gasteiger partial charge >= 0.3 is 0 Å². The number of nitrogens with two attached hydrogens (primary N) is 1. The number of hydrogen-bond donors (Lipinski definition) is 2. The Morgan fingerprint density at radius 3 is 2.52 bits per heavy atom. The number of aryl methyl sites for hydroxylation is 1. The van der Waals surface area contributed by atoms with Crippen molar-refractivity contribution in [3.8, 4) is 0 Å². The van der Waals surface area contributed by atoms with Gasteiger partial charge in [0.05, 0.1) is 12.0 Å². The average molecular weight is 303 g/mol. The maximum Gasteiger partial charge on any atom is 0.225 e. The van der Waals surface area contributed by atoms with E-state index >= 15 is 0 Å². The Bertz CT molecular complexity index is 597. The number of benzene rings is 1. The summed E-state index contributed by atoms with van der Waals surface area (Å²) in [5.41, 5.74) is 8.13. The molecule has 4 nitrogen and oxygen atoms in total. The van der Waals surface area contributed by atoms with E-state index in [0.717, 1.165) is 16.3 Å². The van der Waals surface area contributed by atoms with Gasteiger partial charge in [0.25, 0.3) is 0 Å². The third kappa shape index (κ3) is 3.89. The van der Waals surface area contributed by atoms with Crippen molar-refractivity contribution in [1.82, 2.24) is 10.3 Å². The number of amides is 1. The summed E-state index contributed by atoms with van der Waals surface area (Å²) in [6.45, 7) is 5.74. The van der Waals surface area contributed by atoms with Gasteiger partial charge in [-0.25, -0.2) is 4.98 Å². The summed E-state index contributed by atoms with van der Waals surface area (Å²) < 4.78 is 0. The van der Waals surface area contributed by atoms with Gasteiger partial charge in [0.15, 0.2) is 0 Å². The van der Waals surface area contributed by atoms with Gasteiger partial charge in [0.2, 0.25) is 5.91 Å². The summed E-state index contributed by atoms with van der Waals surface area (Å²) in [6.07, 6.45) is 0. The van der Waals surface area contributed by atoms with Crippen LogP contribution in [0.25, 0.3) is 0 Å². The zero-order chi connectivity index (χ0) is 15.4. The second kappa shape index (κ2) is 6.83. The molecule has 0 aliphatic heterocycles. The number of rotatable bonds is 5. The van der Waals surface area contributed by atoms with Crippen molar-refractivity contribution < 1.29 is 4.79 Å². The zero-order valence-corrected chi connectivity index (χ0v) is 13.4. The van der Waals surface area contributed by atoms with Crippen LogP contribution in [0.5, 0.6) is 0 Å². The molecular formula is C16H21N3OS. The molecule has 1 heterocycles. The van der Waals surface area contributed by atoms with Crippen LogP contribution in [0.1, 0.15) is 42.2 Å². The lowest BCUT2D eigenvalue weighted by Gasteiger charge is -2.21. The first kappa shape index (κ1) is 15.7. The van der Waals surface area contributed by atoms with Crippen LogP contribution in [0.15, 0.2) is 35.7 Å². The maximum atomic E-state index is 12.3. The van der Waals surface area contributed by atoms with Gasteiger partial charge in [-0.05, 0) is 19.4 Å². The molecule has 0 saturated carbocycles. The Morgan fingerprint density at radius 1 is 1.29 bits per heavy atom. The molecule has 3 N–H and O–H groups in total. The molecular weight excluding hydrogens is 282 g/mol. The van der Waals surface area contributed by atoms with E-state index in [0.29, 0.717) is 0 Å². The van der Waals surface area contributed by atoms with Crippen molar-refractivity contribution in [2.45, 2.75) is 32.9 Å². The predicted molar refractivity (Wildman–Crippen MR) is 85.9 cm³/mol. The summed E-state index contributed by atoms with van der Waals surface area (Å²) >= 11 is 1.56. The van der Waals surface area contributed by atoms with Crippen LogP contribution in [0.2, 0.25) is 0 Å². The van der Waals surface area contributed by atoms with Crippen LogP contribution in [0.3, 0.4) is 0 Å². The van der Waals surface area contributed by atoms with Crippen LogP contribution in [0.4, 0.5) is 0 Å². The Morgan fingerprint density at radius 2 is 1.95 bits per heavy atom. The lowest BCUT2D eigenvalue weighted by atomic mass is 9.94. The molecule has 0 radical (unpaired) electrons. The van der Waals surface area contributed by atoms with E-state index in [2.05, 4.69) is 10.3 Å². The van der Waals surface area contributed by atoms with Gasteiger partial charge in [-0.2, -0.15) is 0 Å². The summed E-state index contributed by atoms with van der Waals surface area (Å²) in [5.74, 6) is -0.345. The van der Waals surface area contributed by atoms with Crippen molar-refractivity contribution in [2.24, 2.45) is 11.7 Å². The molecule has 0 spiro atoms.